The third-order valence-electron chi connectivity index (χ3n) is 1.98. The van der Waals surface area contributed by atoms with E-state index in [1.807, 2.05) is 0 Å². The molecule has 0 spiro atoms. The molecule has 1 aromatic rings. The van der Waals surface area contributed by atoms with E-state index >= 15 is 0 Å². The van der Waals surface area contributed by atoms with Crippen LogP contribution in [0.1, 0.15) is 31.9 Å². The molecule has 0 aromatic heterocycles. The molecular formula is C12H14F. The van der Waals surface area contributed by atoms with Crippen molar-refractivity contribution in [3.8, 4) is 0 Å². The van der Waals surface area contributed by atoms with Gasteiger partial charge >= 0.3 is 0 Å². The summed E-state index contributed by atoms with van der Waals surface area (Å²) in [5.41, 5.74) is 1.84. The summed E-state index contributed by atoms with van der Waals surface area (Å²) in [6.07, 6.45) is 2.75. The Morgan fingerprint density at radius 3 is 2.38 bits per heavy atom. The fraction of sp³-hybridized carbons (Fsp3) is 0.333. The van der Waals surface area contributed by atoms with E-state index in [0.717, 1.165) is 11.1 Å². The zero-order valence-corrected chi connectivity index (χ0v) is 8.32. The Morgan fingerprint density at radius 2 is 1.92 bits per heavy atom. The Kier molecular flexibility index (Phi) is 2.55. The molecule has 1 radical (unpaired) electrons. The predicted octanol–water partition coefficient (Wildman–Crippen LogP) is 3.46. The highest BCUT2D eigenvalue weighted by Gasteiger charge is 2.16. The second-order valence-corrected chi connectivity index (χ2v) is 4.12. The summed E-state index contributed by atoms with van der Waals surface area (Å²) in [7, 11) is 0. The van der Waals surface area contributed by atoms with Crippen molar-refractivity contribution >= 4 is 0 Å². The van der Waals surface area contributed by atoms with E-state index in [9.17, 15) is 4.39 Å². The van der Waals surface area contributed by atoms with Gasteiger partial charge in [0.15, 0.2) is 0 Å². The molecule has 0 N–H and O–H groups in total. The molecule has 1 heteroatoms. The highest BCUT2D eigenvalue weighted by atomic mass is 19.1. The van der Waals surface area contributed by atoms with Gasteiger partial charge < -0.3 is 0 Å². The van der Waals surface area contributed by atoms with Crippen LogP contribution in [0.15, 0.2) is 24.8 Å². The molecule has 0 amide bonds. The SMILES string of the molecule is C=[C]c1cc(F)ccc1C(C)(C)C. The van der Waals surface area contributed by atoms with Crippen LogP contribution in [0.4, 0.5) is 4.39 Å². The largest absolute Gasteiger partial charge is 0.207 e. The Labute approximate surface area is 79.1 Å². The Bertz CT molecular complexity index is 318. The van der Waals surface area contributed by atoms with Crippen molar-refractivity contribution in [2.24, 2.45) is 0 Å². The lowest BCUT2D eigenvalue weighted by atomic mass is 9.84. The number of halogens is 1. The first-order valence-corrected chi connectivity index (χ1v) is 4.28. The van der Waals surface area contributed by atoms with Crippen molar-refractivity contribution in [3.63, 3.8) is 0 Å². The van der Waals surface area contributed by atoms with Gasteiger partial charge in [0.25, 0.3) is 0 Å². The zero-order chi connectivity index (χ0) is 10.1. The summed E-state index contributed by atoms with van der Waals surface area (Å²) in [6.45, 7) is 9.81. The van der Waals surface area contributed by atoms with E-state index in [1.165, 1.54) is 12.1 Å². The minimum atomic E-state index is -0.237. The molecule has 0 saturated carbocycles. The van der Waals surface area contributed by atoms with Gasteiger partial charge in [0.1, 0.15) is 5.82 Å². The van der Waals surface area contributed by atoms with Crippen LogP contribution >= 0.6 is 0 Å². The summed E-state index contributed by atoms with van der Waals surface area (Å²) in [6, 6.07) is 4.73. The van der Waals surface area contributed by atoms with Gasteiger partial charge in [-0.1, -0.05) is 33.4 Å². The van der Waals surface area contributed by atoms with Gasteiger partial charge in [0.05, 0.1) is 0 Å². The van der Waals surface area contributed by atoms with Crippen molar-refractivity contribution < 1.29 is 4.39 Å². The summed E-state index contributed by atoms with van der Waals surface area (Å²) in [4.78, 5) is 0. The van der Waals surface area contributed by atoms with Gasteiger partial charge in [-0.3, -0.25) is 0 Å². The number of hydrogen-bond donors (Lipinski definition) is 0. The first kappa shape index (κ1) is 9.97. The van der Waals surface area contributed by atoms with Crippen LogP contribution in [0.25, 0.3) is 0 Å². The maximum absolute atomic E-state index is 12.9. The van der Waals surface area contributed by atoms with Crippen molar-refractivity contribution in [3.05, 3.63) is 47.8 Å². The first-order chi connectivity index (χ1) is 5.95. The Balaban J connectivity index is 3.29. The van der Waals surface area contributed by atoms with Crippen molar-refractivity contribution in [1.82, 2.24) is 0 Å². The van der Waals surface area contributed by atoms with E-state index in [-0.39, 0.29) is 11.2 Å². The minimum Gasteiger partial charge on any atom is -0.207 e. The van der Waals surface area contributed by atoms with Crippen LogP contribution < -0.4 is 0 Å². The van der Waals surface area contributed by atoms with E-state index in [2.05, 4.69) is 33.4 Å². The lowest BCUT2D eigenvalue weighted by Gasteiger charge is -2.21. The van der Waals surface area contributed by atoms with Crippen molar-refractivity contribution in [2.75, 3.05) is 0 Å². The molecule has 0 atom stereocenters. The topological polar surface area (TPSA) is 0 Å². The molecule has 0 fully saturated rings. The minimum absolute atomic E-state index is 0.00766. The molecular weight excluding hydrogens is 163 g/mol. The molecule has 69 valence electrons. The Morgan fingerprint density at radius 1 is 1.31 bits per heavy atom. The molecule has 0 unspecified atom stereocenters. The molecule has 0 heterocycles. The summed E-state index contributed by atoms with van der Waals surface area (Å²) >= 11 is 0. The van der Waals surface area contributed by atoms with Crippen molar-refractivity contribution in [1.29, 1.82) is 0 Å². The molecule has 0 bridgehead atoms. The fourth-order valence-electron chi connectivity index (χ4n) is 1.32. The average Bonchev–Trinajstić information content (AvgIpc) is 2.01. The number of benzene rings is 1. The highest BCUT2D eigenvalue weighted by Crippen LogP contribution is 2.26. The van der Waals surface area contributed by atoms with Crippen LogP contribution in [0.2, 0.25) is 0 Å². The van der Waals surface area contributed by atoms with Crippen LogP contribution in [-0.2, 0) is 5.41 Å². The second-order valence-electron chi connectivity index (χ2n) is 4.12. The standard InChI is InChI=1S/C12H14F/c1-5-9-8-10(13)6-7-11(9)12(2,3)4/h6-8H,1H2,2-4H3. The van der Waals surface area contributed by atoms with Gasteiger partial charge in [0, 0.05) is 0 Å². The van der Waals surface area contributed by atoms with Gasteiger partial charge in [0.2, 0.25) is 0 Å². The lowest BCUT2D eigenvalue weighted by molar-refractivity contribution is 0.580. The fourth-order valence-corrected chi connectivity index (χ4v) is 1.32. The summed E-state index contributed by atoms with van der Waals surface area (Å²) in [5.74, 6) is -0.237. The molecule has 0 aliphatic heterocycles. The molecule has 0 aliphatic rings. The maximum Gasteiger partial charge on any atom is 0.123 e. The molecule has 1 aromatic carbocycles. The smallest absolute Gasteiger partial charge is 0.123 e. The number of rotatable bonds is 1. The van der Waals surface area contributed by atoms with E-state index in [0.29, 0.717) is 0 Å². The van der Waals surface area contributed by atoms with Crippen LogP contribution in [0.5, 0.6) is 0 Å². The lowest BCUT2D eigenvalue weighted by Crippen LogP contribution is -2.13. The van der Waals surface area contributed by atoms with Gasteiger partial charge in [-0.25, -0.2) is 4.39 Å². The second kappa shape index (κ2) is 3.33. The van der Waals surface area contributed by atoms with Gasteiger partial charge in [-0.2, -0.15) is 0 Å². The summed E-state index contributed by atoms with van der Waals surface area (Å²) < 4.78 is 12.9. The Hall–Kier alpha value is -1.11. The normalized spacial score (nSPS) is 11.4. The molecule has 0 saturated heterocycles. The van der Waals surface area contributed by atoms with Crippen molar-refractivity contribution in [2.45, 2.75) is 26.2 Å². The molecule has 13 heavy (non-hydrogen) atoms. The van der Waals surface area contributed by atoms with Crippen LogP contribution in [0, 0.1) is 11.9 Å². The first-order valence-electron chi connectivity index (χ1n) is 4.28. The molecule has 0 aliphatic carbocycles. The zero-order valence-electron chi connectivity index (χ0n) is 8.32. The van der Waals surface area contributed by atoms with Crippen LogP contribution in [0.3, 0.4) is 0 Å². The van der Waals surface area contributed by atoms with Gasteiger partial charge in [-0.15, -0.1) is 0 Å². The number of hydrogen-bond acceptors (Lipinski definition) is 0. The monoisotopic (exact) mass is 177 g/mol. The maximum atomic E-state index is 12.9. The quantitative estimate of drug-likeness (QED) is 0.616. The van der Waals surface area contributed by atoms with Crippen LogP contribution in [-0.4, -0.2) is 0 Å². The third kappa shape index (κ3) is 2.18. The van der Waals surface area contributed by atoms with E-state index in [4.69, 9.17) is 0 Å². The average molecular weight is 177 g/mol. The third-order valence-corrected chi connectivity index (χ3v) is 1.98. The molecule has 1 rings (SSSR count). The predicted molar refractivity (Wildman–Crippen MR) is 53.1 cm³/mol. The van der Waals surface area contributed by atoms with Gasteiger partial charge in [-0.05, 0) is 34.8 Å². The van der Waals surface area contributed by atoms with E-state index < -0.39 is 0 Å². The summed E-state index contributed by atoms with van der Waals surface area (Å²) in [5, 5.41) is 0. The van der Waals surface area contributed by atoms with E-state index in [1.54, 1.807) is 6.07 Å². The molecule has 0 nitrogen and oxygen atoms in total. The highest BCUT2D eigenvalue weighted by molar-refractivity contribution is 5.36.